The van der Waals surface area contributed by atoms with Crippen LogP contribution in [-0.2, 0) is 0 Å². The van der Waals surface area contributed by atoms with Gasteiger partial charge in [-0.15, -0.1) is 0 Å². The molecule has 1 N–H and O–H groups in total. The standard InChI is InChI=1S/C13H20N2O/c1-12-11-14(9-10-16)7-8-15(12)13-5-3-2-4-6-13/h2-6,12,16H,7-11H2,1H3/t12-/m1/s1. The van der Waals surface area contributed by atoms with Gasteiger partial charge in [-0.2, -0.15) is 0 Å². The number of benzene rings is 1. The molecular weight excluding hydrogens is 200 g/mol. The summed E-state index contributed by atoms with van der Waals surface area (Å²) >= 11 is 0. The number of β-amino-alcohol motifs (C(OH)–C–C–N with tert-alkyl or cyclic N) is 1. The number of rotatable bonds is 3. The summed E-state index contributed by atoms with van der Waals surface area (Å²) in [6.45, 7) is 6.43. The van der Waals surface area contributed by atoms with E-state index < -0.39 is 0 Å². The zero-order valence-electron chi connectivity index (χ0n) is 9.84. The molecule has 0 saturated carbocycles. The van der Waals surface area contributed by atoms with Gasteiger partial charge in [0.25, 0.3) is 0 Å². The van der Waals surface area contributed by atoms with Gasteiger partial charge in [-0.3, -0.25) is 4.90 Å². The molecule has 0 radical (unpaired) electrons. The quantitative estimate of drug-likeness (QED) is 0.829. The van der Waals surface area contributed by atoms with Crippen LogP contribution < -0.4 is 4.90 Å². The van der Waals surface area contributed by atoms with Gasteiger partial charge in [-0.05, 0) is 19.1 Å². The lowest BCUT2D eigenvalue weighted by molar-refractivity contribution is 0.174. The second-order valence-corrected chi connectivity index (χ2v) is 4.40. The Morgan fingerprint density at radius 1 is 1.25 bits per heavy atom. The summed E-state index contributed by atoms with van der Waals surface area (Å²) in [6.07, 6.45) is 0. The van der Waals surface area contributed by atoms with Gasteiger partial charge in [-0.25, -0.2) is 0 Å². The van der Waals surface area contributed by atoms with Crippen LogP contribution in [0.5, 0.6) is 0 Å². The second-order valence-electron chi connectivity index (χ2n) is 4.40. The normalized spacial score (nSPS) is 22.4. The highest BCUT2D eigenvalue weighted by Gasteiger charge is 2.22. The first-order chi connectivity index (χ1) is 7.81. The second kappa shape index (κ2) is 5.32. The van der Waals surface area contributed by atoms with Crippen LogP contribution in [0.4, 0.5) is 5.69 Å². The SMILES string of the molecule is C[C@@H]1CN(CCO)CCN1c1ccccc1. The first-order valence-corrected chi connectivity index (χ1v) is 5.96. The van der Waals surface area contributed by atoms with E-state index in [-0.39, 0.29) is 6.61 Å². The van der Waals surface area contributed by atoms with Crippen LogP contribution in [0.1, 0.15) is 6.92 Å². The maximum Gasteiger partial charge on any atom is 0.0558 e. The molecule has 3 nitrogen and oxygen atoms in total. The molecule has 0 aromatic heterocycles. The number of hydrogen-bond acceptors (Lipinski definition) is 3. The van der Waals surface area contributed by atoms with E-state index in [0.29, 0.717) is 6.04 Å². The topological polar surface area (TPSA) is 26.7 Å². The highest BCUT2D eigenvalue weighted by molar-refractivity contribution is 5.47. The van der Waals surface area contributed by atoms with Gasteiger partial charge in [-0.1, -0.05) is 18.2 Å². The van der Waals surface area contributed by atoms with E-state index in [1.165, 1.54) is 5.69 Å². The average Bonchev–Trinajstić information content (AvgIpc) is 2.31. The van der Waals surface area contributed by atoms with Crippen molar-refractivity contribution in [3.05, 3.63) is 30.3 Å². The Morgan fingerprint density at radius 2 is 2.00 bits per heavy atom. The van der Waals surface area contributed by atoms with Gasteiger partial charge in [0.1, 0.15) is 0 Å². The molecular formula is C13H20N2O. The molecule has 16 heavy (non-hydrogen) atoms. The van der Waals surface area contributed by atoms with Gasteiger partial charge >= 0.3 is 0 Å². The van der Waals surface area contributed by atoms with Crippen LogP contribution in [0.25, 0.3) is 0 Å². The van der Waals surface area contributed by atoms with Gasteiger partial charge < -0.3 is 10.0 Å². The Hall–Kier alpha value is -1.06. The van der Waals surface area contributed by atoms with E-state index in [0.717, 1.165) is 26.2 Å². The summed E-state index contributed by atoms with van der Waals surface area (Å²) in [7, 11) is 0. The molecule has 1 atom stereocenters. The van der Waals surface area contributed by atoms with Crippen molar-refractivity contribution in [3.8, 4) is 0 Å². The average molecular weight is 220 g/mol. The number of hydrogen-bond donors (Lipinski definition) is 1. The Kier molecular flexibility index (Phi) is 3.80. The zero-order chi connectivity index (χ0) is 11.4. The maximum absolute atomic E-state index is 8.93. The molecule has 1 fully saturated rings. The molecule has 1 saturated heterocycles. The summed E-state index contributed by atoms with van der Waals surface area (Å²) in [5.41, 5.74) is 1.30. The van der Waals surface area contributed by atoms with Gasteiger partial charge in [0.2, 0.25) is 0 Å². The summed E-state index contributed by atoms with van der Waals surface area (Å²) in [4.78, 5) is 4.76. The fourth-order valence-corrected chi connectivity index (χ4v) is 2.38. The molecule has 0 aliphatic carbocycles. The molecule has 0 bridgehead atoms. The first-order valence-electron chi connectivity index (χ1n) is 5.96. The van der Waals surface area contributed by atoms with Crippen molar-refractivity contribution < 1.29 is 5.11 Å². The van der Waals surface area contributed by atoms with Crippen molar-refractivity contribution >= 4 is 5.69 Å². The molecule has 0 amide bonds. The van der Waals surface area contributed by atoms with Crippen LogP contribution in [0.2, 0.25) is 0 Å². The highest BCUT2D eigenvalue weighted by Crippen LogP contribution is 2.19. The molecule has 1 aliphatic rings. The van der Waals surface area contributed by atoms with Crippen LogP contribution in [0.15, 0.2) is 30.3 Å². The number of aliphatic hydroxyl groups is 1. The monoisotopic (exact) mass is 220 g/mol. The van der Waals surface area contributed by atoms with Crippen molar-refractivity contribution in [1.29, 1.82) is 0 Å². The summed E-state index contributed by atoms with van der Waals surface area (Å²) in [6, 6.07) is 11.1. The smallest absolute Gasteiger partial charge is 0.0558 e. The molecule has 0 spiro atoms. The van der Waals surface area contributed by atoms with E-state index in [9.17, 15) is 0 Å². The largest absolute Gasteiger partial charge is 0.395 e. The van der Waals surface area contributed by atoms with Crippen molar-refractivity contribution in [2.75, 3.05) is 37.7 Å². The predicted octanol–water partition coefficient (Wildman–Crippen LogP) is 1.19. The lowest BCUT2D eigenvalue weighted by Crippen LogP contribution is -2.52. The van der Waals surface area contributed by atoms with Crippen molar-refractivity contribution in [1.82, 2.24) is 4.90 Å². The van der Waals surface area contributed by atoms with Crippen LogP contribution in [0.3, 0.4) is 0 Å². The Balaban J connectivity index is 1.99. The number of aliphatic hydroxyl groups excluding tert-OH is 1. The summed E-state index contributed by atoms with van der Waals surface area (Å²) in [5.74, 6) is 0. The van der Waals surface area contributed by atoms with Gasteiger partial charge in [0.15, 0.2) is 0 Å². The third kappa shape index (κ3) is 2.54. The number of piperazine rings is 1. The highest BCUT2D eigenvalue weighted by atomic mass is 16.3. The molecule has 1 aromatic rings. The minimum absolute atomic E-state index is 0.262. The van der Waals surface area contributed by atoms with Gasteiger partial charge in [0, 0.05) is 37.9 Å². The van der Waals surface area contributed by atoms with E-state index in [1.807, 2.05) is 0 Å². The van der Waals surface area contributed by atoms with Crippen LogP contribution in [-0.4, -0.2) is 48.8 Å². The molecule has 1 aromatic carbocycles. The van der Waals surface area contributed by atoms with Crippen LogP contribution in [0, 0.1) is 0 Å². The van der Waals surface area contributed by atoms with E-state index in [2.05, 4.69) is 47.1 Å². The lowest BCUT2D eigenvalue weighted by atomic mass is 10.1. The Morgan fingerprint density at radius 3 is 2.62 bits per heavy atom. The van der Waals surface area contributed by atoms with Crippen molar-refractivity contribution in [2.45, 2.75) is 13.0 Å². The van der Waals surface area contributed by atoms with Crippen molar-refractivity contribution in [2.24, 2.45) is 0 Å². The zero-order valence-corrected chi connectivity index (χ0v) is 9.84. The maximum atomic E-state index is 8.93. The van der Waals surface area contributed by atoms with Crippen molar-refractivity contribution in [3.63, 3.8) is 0 Å². The lowest BCUT2D eigenvalue weighted by Gasteiger charge is -2.41. The fourth-order valence-electron chi connectivity index (χ4n) is 2.38. The van der Waals surface area contributed by atoms with E-state index in [1.54, 1.807) is 0 Å². The Bertz CT molecular complexity index is 315. The molecule has 1 aliphatic heterocycles. The molecule has 2 rings (SSSR count). The fraction of sp³-hybridized carbons (Fsp3) is 0.538. The predicted molar refractivity (Wildman–Crippen MR) is 66.8 cm³/mol. The molecule has 1 heterocycles. The molecule has 3 heteroatoms. The third-order valence-corrected chi connectivity index (χ3v) is 3.22. The third-order valence-electron chi connectivity index (χ3n) is 3.22. The molecule has 88 valence electrons. The minimum Gasteiger partial charge on any atom is -0.395 e. The number of nitrogens with zero attached hydrogens (tertiary/aromatic N) is 2. The van der Waals surface area contributed by atoms with E-state index >= 15 is 0 Å². The summed E-state index contributed by atoms with van der Waals surface area (Å²) < 4.78 is 0. The summed E-state index contributed by atoms with van der Waals surface area (Å²) in [5, 5.41) is 8.93. The Labute approximate surface area is 97.3 Å². The first kappa shape index (κ1) is 11.4. The number of para-hydroxylation sites is 1. The molecule has 0 unspecified atom stereocenters. The van der Waals surface area contributed by atoms with E-state index in [4.69, 9.17) is 5.11 Å². The van der Waals surface area contributed by atoms with Crippen LogP contribution >= 0.6 is 0 Å². The number of anilines is 1. The van der Waals surface area contributed by atoms with Gasteiger partial charge in [0.05, 0.1) is 6.61 Å². The minimum atomic E-state index is 0.262.